The van der Waals surface area contributed by atoms with Gasteiger partial charge in [0, 0.05) is 12.6 Å². The van der Waals surface area contributed by atoms with Crippen LogP contribution in [0.2, 0.25) is 0 Å². The topological polar surface area (TPSA) is 69.6 Å². The van der Waals surface area contributed by atoms with Crippen LogP contribution >= 0.6 is 0 Å². The number of piperidine rings is 1. The van der Waals surface area contributed by atoms with Gasteiger partial charge in [-0.05, 0) is 25.7 Å². The summed E-state index contributed by atoms with van der Waals surface area (Å²) in [6.07, 6.45) is 9.64. The molecule has 2 atom stereocenters. The smallest absolute Gasteiger partial charge is 0.318 e. The maximum absolute atomic E-state index is 12.2. The molecule has 0 saturated carbocycles. The number of terminal acetylenes is 1. The third-order valence-electron chi connectivity index (χ3n) is 3.37. The van der Waals surface area contributed by atoms with Crippen molar-refractivity contribution >= 4 is 12.0 Å². The second-order valence-electron chi connectivity index (χ2n) is 4.90. The molecule has 0 aromatic carbocycles. The molecule has 2 N–H and O–H groups in total. The molecule has 1 aliphatic rings. The van der Waals surface area contributed by atoms with Crippen LogP contribution in [-0.4, -0.2) is 40.6 Å². The fraction of sp³-hybridized carbons (Fsp3) is 0.714. The lowest BCUT2D eigenvalue weighted by Gasteiger charge is -2.35. The fourth-order valence-electron chi connectivity index (χ4n) is 2.40. The molecule has 2 amide bonds. The Balaban J connectivity index is 2.61. The zero-order chi connectivity index (χ0) is 14.3. The predicted octanol–water partition coefficient (Wildman–Crippen LogP) is 1.83. The molecular formula is C14H22N2O3. The third kappa shape index (κ3) is 4.82. The highest BCUT2D eigenvalue weighted by atomic mass is 16.4. The van der Waals surface area contributed by atoms with E-state index in [1.54, 1.807) is 4.90 Å². The first-order valence-electron chi connectivity index (χ1n) is 6.83. The minimum atomic E-state index is -0.869. The standard InChI is InChI=1S/C14H22N2O3/c1-3-7-11(4-2)15-14(19)16-9-6-5-8-12(16)10-13(17)18/h2,11-12H,3,5-10H2,1H3,(H,15,19)(H,17,18). The quantitative estimate of drug-likeness (QED) is 0.746. The Kier molecular flexibility index (Phi) is 6.20. The second-order valence-corrected chi connectivity index (χ2v) is 4.90. The largest absolute Gasteiger partial charge is 0.481 e. The minimum absolute atomic E-state index is 0.00190. The van der Waals surface area contributed by atoms with Crippen molar-refractivity contribution < 1.29 is 14.7 Å². The average Bonchev–Trinajstić information content (AvgIpc) is 2.38. The van der Waals surface area contributed by atoms with Crippen LogP contribution in [0, 0.1) is 12.3 Å². The highest BCUT2D eigenvalue weighted by molar-refractivity contribution is 5.76. The molecule has 5 nitrogen and oxygen atoms in total. The summed E-state index contributed by atoms with van der Waals surface area (Å²) in [5.41, 5.74) is 0. The van der Waals surface area contributed by atoms with E-state index in [-0.39, 0.29) is 24.5 Å². The molecule has 1 heterocycles. The summed E-state index contributed by atoms with van der Waals surface area (Å²) in [6.45, 7) is 2.61. The first-order chi connectivity index (χ1) is 9.08. The number of aliphatic carboxylic acids is 1. The Morgan fingerprint density at radius 3 is 2.84 bits per heavy atom. The summed E-state index contributed by atoms with van der Waals surface area (Å²) in [6, 6.07) is -0.724. The van der Waals surface area contributed by atoms with E-state index in [9.17, 15) is 9.59 Å². The lowest BCUT2D eigenvalue weighted by molar-refractivity contribution is -0.138. The van der Waals surface area contributed by atoms with E-state index in [0.717, 1.165) is 32.1 Å². The first-order valence-corrected chi connectivity index (χ1v) is 6.83. The zero-order valence-electron chi connectivity index (χ0n) is 11.4. The highest BCUT2D eigenvalue weighted by Crippen LogP contribution is 2.20. The van der Waals surface area contributed by atoms with E-state index in [0.29, 0.717) is 6.54 Å². The maximum atomic E-state index is 12.2. The number of carboxylic acid groups (broad SMARTS) is 1. The van der Waals surface area contributed by atoms with Gasteiger partial charge in [0.15, 0.2) is 0 Å². The Morgan fingerprint density at radius 1 is 1.53 bits per heavy atom. The van der Waals surface area contributed by atoms with Crippen LogP contribution in [0.15, 0.2) is 0 Å². The van der Waals surface area contributed by atoms with Gasteiger partial charge in [0.05, 0.1) is 12.5 Å². The van der Waals surface area contributed by atoms with Crippen molar-refractivity contribution in [3.05, 3.63) is 0 Å². The summed E-state index contributed by atoms with van der Waals surface area (Å²) in [5, 5.41) is 11.7. The molecule has 19 heavy (non-hydrogen) atoms. The second kappa shape index (κ2) is 7.67. The molecule has 0 aliphatic carbocycles. The number of carboxylic acids is 1. The zero-order valence-corrected chi connectivity index (χ0v) is 11.4. The van der Waals surface area contributed by atoms with Gasteiger partial charge in [-0.15, -0.1) is 6.42 Å². The lowest BCUT2D eigenvalue weighted by atomic mass is 10.00. The Morgan fingerprint density at radius 2 is 2.26 bits per heavy atom. The Hall–Kier alpha value is -1.70. The van der Waals surface area contributed by atoms with E-state index in [1.807, 2.05) is 6.92 Å². The first kappa shape index (κ1) is 15.4. The highest BCUT2D eigenvalue weighted by Gasteiger charge is 2.29. The number of rotatable bonds is 5. The Labute approximate surface area is 114 Å². The van der Waals surface area contributed by atoms with Crippen molar-refractivity contribution in [1.82, 2.24) is 10.2 Å². The molecule has 0 radical (unpaired) electrons. The molecule has 5 heteroatoms. The van der Waals surface area contributed by atoms with Crippen LogP contribution < -0.4 is 5.32 Å². The van der Waals surface area contributed by atoms with Gasteiger partial charge in [-0.1, -0.05) is 19.3 Å². The molecule has 0 aromatic rings. The van der Waals surface area contributed by atoms with Gasteiger partial charge in [0.2, 0.25) is 0 Å². The maximum Gasteiger partial charge on any atom is 0.318 e. The number of nitrogens with zero attached hydrogens (tertiary/aromatic N) is 1. The van der Waals surface area contributed by atoms with Crippen molar-refractivity contribution in [2.75, 3.05) is 6.54 Å². The van der Waals surface area contributed by atoms with Gasteiger partial charge in [-0.2, -0.15) is 0 Å². The van der Waals surface area contributed by atoms with Gasteiger partial charge in [0.25, 0.3) is 0 Å². The molecule has 1 fully saturated rings. The predicted molar refractivity (Wildman–Crippen MR) is 72.7 cm³/mol. The summed E-state index contributed by atoms with van der Waals surface area (Å²) in [5.74, 6) is 1.68. The summed E-state index contributed by atoms with van der Waals surface area (Å²) in [7, 11) is 0. The third-order valence-corrected chi connectivity index (χ3v) is 3.37. The lowest BCUT2D eigenvalue weighted by Crippen LogP contribution is -2.51. The molecule has 2 unspecified atom stereocenters. The van der Waals surface area contributed by atoms with Crippen molar-refractivity contribution in [1.29, 1.82) is 0 Å². The normalized spacial score (nSPS) is 20.4. The van der Waals surface area contributed by atoms with Gasteiger partial charge >= 0.3 is 12.0 Å². The molecule has 1 aliphatic heterocycles. The molecule has 1 rings (SSSR count). The van der Waals surface area contributed by atoms with Crippen molar-refractivity contribution in [2.45, 2.75) is 57.5 Å². The fourth-order valence-corrected chi connectivity index (χ4v) is 2.40. The average molecular weight is 266 g/mol. The van der Waals surface area contributed by atoms with E-state index in [2.05, 4.69) is 11.2 Å². The molecule has 0 aromatic heterocycles. The van der Waals surface area contributed by atoms with Crippen LogP contribution in [0.3, 0.4) is 0 Å². The Bertz CT molecular complexity index is 362. The number of hydrogen-bond acceptors (Lipinski definition) is 2. The summed E-state index contributed by atoms with van der Waals surface area (Å²) < 4.78 is 0. The summed E-state index contributed by atoms with van der Waals surface area (Å²) in [4.78, 5) is 24.6. The summed E-state index contributed by atoms with van der Waals surface area (Å²) >= 11 is 0. The number of urea groups is 1. The van der Waals surface area contributed by atoms with E-state index < -0.39 is 5.97 Å². The van der Waals surface area contributed by atoms with Crippen LogP contribution in [0.4, 0.5) is 4.79 Å². The molecule has 0 spiro atoms. The van der Waals surface area contributed by atoms with Crippen molar-refractivity contribution in [3.63, 3.8) is 0 Å². The van der Waals surface area contributed by atoms with Crippen molar-refractivity contribution in [2.24, 2.45) is 0 Å². The van der Waals surface area contributed by atoms with E-state index in [1.165, 1.54) is 0 Å². The minimum Gasteiger partial charge on any atom is -0.481 e. The number of hydrogen-bond donors (Lipinski definition) is 2. The molecule has 0 bridgehead atoms. The monoisotopic (exact) mass is 266 g/mol. The van der Waals surface area contributed by atoms with Gasteiger partial charge in [-0.25, -0.2) is 4.79 Å². The van der Waals surface area contributed by atoms with Crippen LogP contribution in [0.25, 0.3) is 0 Å². The van der Waals surface area contributed by atoms with Crippen LogP contribution in [0.1, 0.15) is 45.4 Å². The van der Waals surface area contributed by atoms with E-state index >= 15 is 0 Å². The van der Waals surface area contributed by atoms with Gasteiger partial charge < -0.3 is 15.3 Å². The van der Waals surface area contributed by atoms with Crippen molar-refractivity contribution in [3.8, 4) is 12.3 Å². The molecule has 1 saturated heterocycles. The van der Waals surface area contributed by atoms with E-state index in [4.69, 9.17) is 11.5 Å². The number of nitrogens with one attached hydrogen (secondary N) is 1. The van der Waals surface area contributed by atoms with Crippen LogP contribution in [0.5, 0.6) is 0 Å². The SMILES string of the molecule is C#CC(CCC)NC(=O)N1CCCCC1CC(=O)O. The number of carbonyl (C=O) groups excluding carboxylic acids is 1. The van der Waals surface area contributed by atoms with Gasteiger partial charge in [-0.3, -0.25) is 4.79 Å². The van der Waals surface area contributed by atoms with Crippen LogP contribution in [-0.2, 0) is 4.79 Å². The molecule has 106 valence electrons. The number of carbonyl (C=O) groups is 2. The molecular weight excluding hydrogens is 244 g/mol. The van der Waals surface area contributed by atoms with Gasteiger partial charge in [0.1, 0.15) is 0 Å². The number of amides is 2. The number of likely N-dealkylation sites (tertiary alicyclic amines) is 1.